The number of anilines is 1. The second kappa shape index (κ2) is 9.36. The first-order valence-electron chi connectivity index (χ1n) is 10.5. The highest BCUT2D eigenvalue weighted by Crippen LogP contribution is 2.28. The molecule has 0 spiro atoms. The highest BCUT2D eigenvalue weighted by molar-refractivity contribution is 7.18. The number of nitrogens with zero attached hydrogens (tertiary/aromatic N) is 1. The van der Waals surface area contributed by atoms with E-state index < -0.39 is 0 Å². The average molecular weight is 424 g/mol. The molecule has 1 unspecified atom stereocenters. The summed E-state index contributed by atoms with van der Waals surface area (Å²) in [5.41, 5.74) is 2.91. The molecule has 0 bridgehead atoms. The number of quaternary nitrogens is 1. The van der Waals surface area contributed by atoms with E-state index in [9.17, 15) is 9.59 Å². The SMILES string of the molecule is CCc1ccccc1NC(=O)CNC(=O)C[NH+]1CCC[C@H]1c1nc2ccccc2s1. The third-order valence-electron chi connectivity index (χ3n) is 5.60. The lowest BCUT2D eigenvalue weighted by molar-refractivity contribution is -0.910. The van der Waals surface area contributed by atoms with E-state index in [4.69, 9.17) is 4.98 Å². The first-order valence-corrected chi connectivity index (χ1v) is 11.3. The molecule has 3 aromatic rings. The number of likely N-dealkylation sites (tertiary alicyclic amines) is 1. The van der Waals surface area contributed by atoms with Crippen LogP contribution in [0.25, 0.3) is 10.2 Å². The molecule has 156 valence electrons. The fourth-order valence-electron chi connectivity index (χ4n) is 4.05. The fraction of sp³-hybridized carbons (Fsp3) is 0.348. The van der Waals surface area contributed by atoms with E-state index in [1.807, 2.05) is 49.4 Å². The molecule has 6 nitrogen and oxygen atoms in total. The third-order valence-corrected chi connectivity index (χ3v) is 6.75. The summed E-state index contributed by atoms with van der Waals surface area (Å²) in [5.74, 6) is -0.305. The summed E-state index contributed by atoms with van der Waals surface area (Å²) in [6, 6.07) is 16.1. The van der Waals surface area contributed by atoms with Crippen molar-refractivity contribution in [2.24, 2.45) is 0 Å². The van der Waals surface area contributed by atoms with Crippen molar-refractivity contribution >= 4 is 39.1 Å². The van der Waals surface area contributed by atoms with E-state index in [0.717, 1.165) is 47.6 Å². The van der Waals surface area contributed by atoms with Crippen molar-refractivity contribution in [1.29, 1.82) is 0 Å². The summed E-state index contributed by atoms with van der Waals surface area (Å²) in [7, 11) is 0. The second-order valence-electron chi connectivity index (χ2n) is 7.64. The van der Waals surface area contributed by atoms with Crippen LogP contribution in [0.1, 0.15) is 36.4 Å². The van der Waals surface area contributed by atoms with E-state index in [0.29, 0.717) is 6.54 Å². The van der Waals surface area contributed by atoms with Gasteiger partial charge < -0.3 is 15.5 Å². The van der Waals surface area contributed by atoms with Crippen molar-refractivity contribution in [3.8, 4) is 0 Å². The van der Waals surface area contributed by atoms with E-state index in [-0.39, 0.29) is 24.4 Å². The highest BCUT2D eigenvalue weighted by atomic mass is 32.1. The van der Waals surface area contributed by atoms with Crippen LogP contribution < -0.4 is 15.5 Å². The van der Waals surface area contributed by atoms with Crippen LogP contribution in [0, 0.1) is 0 Å². The molecule has 3 N–H and O–H groups in total. The quantitative estimate of drug-likeness (QED) is 0.546. The van der Waals surface area contributed by atoms with Gasteiger partial charge in [-0.25, -0.2) is 4.98 Å². The van der Waals surface area contributed by atoms with Gasteiger partial charge in [-0.1, -0.05) is 37.3 Å². The van der Waals surface area contributed by atoms with Gasteiger partial charge in [0.05, 0.1) is 23.3 Å². The van der Waals surface area contributed by atoms with Gasteiger partial charge in [0.15, 0.2) is 11.6 Å². The van der Waals surface area contributed by atoms with Gasteiger partial charge >= 0.3 is 0 Å². The molecule has 2 atom stereocenters. The Morgan fingerprint density at radius 1 is 1.13 bits per heavy atom. The number of aromatic nitrogens is 1. The highest BCUT2D eigenvalue weighted by Gasteiger charge is 2.34. The summed E-state index contributed by atoms with van der Waals surface area (Å²) in [5, 5.41) is 6.77. The number of rotatable bonds is 7. The van der Waals surface area contributed by atoms with Crippen molar-refractivity contribution in [1.82, 2.24) is 10.3 Å². The predicted molar refractivity (Wildman–Crippen MR) is 120 cm³/mol. The maximum absolute atomic E-state index is 12.5. The Labute approximate surface area is 180 Å². The minimum absolute atomic E-state index is 0.0179. The van der Waals surface area contributed by atoms with Crippen LogP contribution in [0.5, 0.6) is 0 Å². The number of hydrogen-bond donors (Lipinski definition) is 3. The van der Waals surface area contributed by atoms with E-state index in [1.54, 1.807) is 11.3 Å². The van der Waals surface area contributed by atoms with Crippen molar-refractivity contribution < 1.29 is 14.5 Å². The maximum atomic E-state index is 12.5. The number of para-hydroxylation sites is 2. The number of thiazole rings is 1. The number of amides is 2. The lowest BCUT2D eigenvalue weighted by atomic mass is 10.1. The molecule has 30 heavy (non-hydrogen) atoms. The Balaban J connectivity index is 1.31. The van der Waals surface area contributed by atoms with Crippen LogP contribution >= 0.6 is 11.3 Å². The van der Waals surface area contributed by atoms with Crippen LogP contribution in [0.15, 0.2) is 48.5 Å². The normalized spacial score (nSPS) is 18.4. The van der Waals surface area contributed by atoms with Gasteiger partial charge in [-0.15, -0.1) is 11.3 Å². The number of nitrogens with one attached hydrogen (secondary N) is 3. The fourth-order valence-corrected chi connectivity index (χ4v) is 5.21. The number of aryl methyl sites for hydroxylation is 1. The van der Waals surface area contributed by atoms with E-state index in [1.165, 1.54) is 9.60 Å². The number of fused-ring (bicyclic) bond motifs is 1. The third kappa shape index (κ3) is 4.68. The molecular weight excluding hydrogens is 396 g/mol. The largest absolute Gasteiger partial charge is 0.342 e. The Bertz CT molecular complexity index is 1020. The Morgan fingerprint density at radius 3 is 2.77 bits per heavy atom. The second-order valence-corrected chi connectivity index (χ2v) is 8.70. The number of benzene rings is 2. The lowest BCUT2D eigenvalue weighted by Crippen LogP contribution is -3.11. The topological polar surface area (TPSA) is 75.5 Å². The van der Waals surface area contributed by atoms with Crippen LogP contribution in [0.2, 0.25) is 0 Å². The van der Waals surface area contributed by atoms with Gasteiger partial charge in [-0.2, -0.15) is 0 Å². The van der Waals surface area contributed by atoms with Crippen molar-refractivity contribution in [3.05, 3.63) is 59.1 Å². The lowest BCUT2D eigenvalue weighted by Gasteiger charge is -2.19. The Hall–Kier alpha value is -2.77. The average Bonchev–Trinajstić information content (AvgIpc) is 3.39. The smallest absolute Gasteiger partial charge is 0.275 e. The maximum Gasteiger partial charge on any atom is 0.275 e. The van der Waals surface area contributed by atoms with Crippen molar-refractivity contribution in [2.75, 3.05) is 25.0 Å². The molecule has 0 aliphatic carbocycles. The molecule has 4 rings (SSSR count). The number of carbonyl (C=O) groups is 2. The number of hydrogen-bond acceptors (Lipinski definition) is 4. The molecule has 2 amide bonds. The molecule has 0 saturated carbocycles. The molecule has 0 radical (unpaired) electrons. The first-order chi connectivity index (χ1) is 14.6. The van der Waals surface area contributed by atoms with Crippen LogP contribution in [-0.2, 0) is 16.0 Å². The molecule has 1 aromatic heterocycles. The standard InChI is InChI=1S/C23H26N4O2S/c1-2-16-8-3-4-9-17(16)25-21(28)14-24-22(29)15-27-13-7-11-19(27)23-26-18-10-5-6-12-20(18)30-23/h3-6,8-10,12,19H,2,7,11,13-15H2,1H3,(H,24,29)(H,25,28)/p+1/t19-/m0/s1. The zero-order valence-corrected chi connectivity index (χ0v) is 17.9. The number of carbonyl (C=O) groups excluding carboxylic acids is 2. The van der Waals surface area contributed by atoms with Crippen LogP contribution in [-0.4, -0.2) is 36.4 Å². The molecule has 1 fully saturated rings. The summed E-state index contributed by atoms with van der Waals surface area (Å²) in [6.07, 6.45) is 2.96. The molecule has 2 heterocycles. The Kier molecular flexibility index (Phi) is 6.40. The van der Waals surface area contributed by atoms with Gasteiger partial charge in [0.25, 0.3) is 5.91 Å². The minimum atomic E-state index is -0.205. The summed E-state index contributed by atoms with van der Waals surface area (Å²) < 4.78 is 1.19. The predicted octanol–water partition coefficient (Wildman–Crippen LogP) is 2.33. The zero-order chi connectivity index (χ0) is 20.9. The van der Waals surface area contributed by atoms with Gasteiger partial charge in [-0.05, 0) is 30.2 Å². The Morgan fingerprint density at radius 2 is 1.93 bits per heavy atom. The molecule has 1 saturated heterocycles. The van der Waals surface area contributed by atoms with Crippen LogP contribution in [0.3, 0.4) is 0 Å². The molecule has 7 heteroatoms. The van der Waals surface area contributed by atoms with Crippen LogP contribution in [0.4, 0.5) is 5.69 Å². The summed E-state index contributed by atoms with van der Waals surface area (Å²) in [4.78, 5) is 30.8. The zero-order valence-electron chi connectivity index (χ0n) is 17.1. The van der Waals surface area contributed by atoms with Gasteiger partial charge in [-0.3, -0.25) is 9.59 Å². The summed E-state index contributed by atoms with van der Waals surface area (Å²) >= 11 is 1.72. The van der Waals surface area contributed by atoms with Gasteiger partial charge in [0.1, 0.15) is 6.04 Å². The first kappa shape index (κ1) is 20.5. The summed E-state index contributed by atoms with van der Waals surface area (Å²) in [6.45, 7) is 3.34. The van der Waals surface area contributed by atoms with Crippen molar-refractivity contribution in [2.45, 2.75) is 32.2 Å². The molecule has 1 aliphatic heterocycles. The van der Waals surface area contributed by atoms with Crippen molar-refractivity contribution in [3.63, 3.8) is 0 Å². The van der Waals surface area contributed by atoms with E-state index in [2.05, 4.69) is 16.7 Å². The monoisotopic (exact) mass is 423 g/mol. The molecule has 1 aliphatic rings. The van der Waals surface area contributed by atoms with E-state index >= 15 is 0 Å². The van der Waals surface area contributed by atoms with Gasteiger partial charge in [0.2, 0.25) is 5.91 Å². The minimum Gasteiger partial charge on any atom is -0.342 e. The van der Waals surface area contributed by atoms with Gasteiger partial charge in [0, 0.05) is 18.5 Å². The molecular formula is C23H27N4O2S+. The molecule has 2 aromatic carbocycles.